The lowest BCUT2D eigenvalue weighted by Crippen LogP contribution is -2.36. The van der Waals surface area contributed by atoms with Gasteiger partial charge >= 0.3 is 6.03 Å². The maximum Gasteiger partial charge on any atom is 0.312 e. The molecule has 2 aromatic heterocycles. The molecule has 168 valence electrons. The van der Waals surface area contributed by atoms with E-state index in [4.69, 9.17) is 5.73 Å². The summed E-state index contributed by atoms with van der Waals surface area (Å²) in [5, 5.41) is 11.8. The van der Waals surface area contributed by atoms with Crippen LogP contribution in [0.5, 0.6) is 0 Å². The number of thiophene rings is 1. The lowest BCUT2D eigenvalue weighted by Gasteiger charge is -2.16. The quantitative estimate of drug-likeness (QED) is 0.351. The zero-order valence-electron chi connectivity index (χ0n) is 18.0. The van der Waals surface area contributed by atoms with Gasteiger partial charge in [0.15, 0.2) is 0 Å². The first-order valence-electron chi connectivity index (χ1n) is 10.6. The molecule has 0 radical (unpaired) electrons. The van der Waals surface area contributed by atoms with Crippen molar-refractivity contribution in [1.82, 2.24) is 20.4 Å². The number of urea groups is 1. The van der Waals surface area contributed by atoms with Gasteiger partial charge in [-0.3, -0.25) is 9.48 Å². The molecule has 4 rings (SSSR count). The van der Waals surface area contributed by atoms with E-state index in [1.54, 1.807) is 6.20 Å². The van der Waals surface area contributed by atoms with Crippen molar-refractivity contribution < 1.29 is 9.59 Å². The third-order valence-electron chi connectivity index (χ3n) is 5.25. The molecule has 0 fully saturated rings. The van der Waals surface area contributed by atoms with Gasteiger partial charge in [-0.05, 0) is 39.8 Å². The predicted molar refractivity (Wildman–Crippen MR) is 129 cm³/mol. The van der Waals surface area contributed by atoms with Crippen LogP contribution >= 0.6 is 11.3 Å². The van der Waals surface area contributed by atoms with Crippen LogP contribution in [0.2, 0.25) is 0 Å². The molecule has 0 aliphatic heterocycles. The second kappa shape index (κ2) is 10.6. The van der Waals surface area contributed by atoms with E-state index in [1.165, 1.54) is 11.3 Å². The topological polar surface area (TPSA) is 102 Å². The zero-order chi connectivity index (χ0) is 23.0. The molecule has 0 saturated heterocycles. The van der Waals surface area contributed by atoms with Gasteiger partial charge in [-0.1, -0.05) is 54.6 Å². The molecule has 0 bridgehead atoms. The van der Waals surface area contributed by atoms with Crippen molar-refractivity contribution in [3.8, 4) is 11.1 Å². The summed E-state index contributed by atoms with van der Waals surface area (Å²) in [5.41, 5.74) is 9.61. The van der Waals surface area contributed by atoms with E-state index in [9.17, 15) is 9.59 Å². The van der Waals surface area contributed by atoms with Gasteiger partial charge in [0.05, 0.1) is 19.0 Å². The molecule has 3 amide bonds. The average molecular weight is 460 g/mol. The maximum atomic E-state index is 12.6. The zero-order valence-corrected chi connectivity index (χ0v) is 18.8. The summed E-state index contributed by atoms with van der Waals surface area (Å²) in [6, 6.07) is 20.9. The fourth-order valence-corrected chi connectivity index (χ4v) is 4.44. The fourth-order valence-electron chi connectivity index (χ4n) is 3.66. The highest BCUT2D eigenvalue weighted by Crippen LogP contribution is 2.25. The minimum absolute atomic E-state index is 0.119. The minimum Gasteiger partial charge on any atom is -0.352 e. The molecule has 8 heteroatoms. The van der Waals surface area contributed by atoms with Gasteiger partial charge in [-0.15, -0.1) is 11.3 Å². The van der Waals surface area contributed by atoms with Crippen LogP contribution in [0, 0.1) is 0 Å². The number of amides is 3. The second-order valence-electron chi connectivity index (χ2n) is 7.62. The number of rotatable bonds is 9. The highest BCUT2D eigenvalue weighted by atomic mass is 32.1. The smallest absolute Gasteiger partial charge is 0.312 e. The Balaban J connectivity index is 1.41. The molecule has 2 heterocycles. The van der Waals surface area contributed by atoms with Crippen LogP contribution in [-0.4, -0.2) is 21.7 Å². The summed E-state index contributed by atoms with van der Waals surface area (Å²) >= 11 is 1.48. The van der Waals surface area contributed by atoms with Gasteiger partial charge in [0.2, 0.25) is 5.91 Å². The third kappa shape index (κ3) is 6.08. The second-order valence-corrected chi connectivity index (χ2v) is 8.59. The molecule has 1 atom stereocenters. The molecular formula is C25H25N5O2S. The highest BCUT2D eigenvalue weighted by Gasteiger charge is 2.18. The van der Waals surface area contributed by atoms with E-state index in [-0.39, 0.29) is 12.3 Å². The van der Waals surface area contributed by atoms with Crippen LogP contribution in [0.15, 0.2) is 84.5 Å². The Hall–Kier alpha value is -3.91. The summed E-state index contributed by atoms with van der Waals surface area (Å²) in [6.07, 6.45) is 3.83. The van der Waals surface area contributed by atoms with Crippen molar-refractivity contribution >= 4 is 23.3 Å². The average Bonchev–Trinajstić information content (AvgIpc) is 3.52. The number of carbonyl (C=O) groups is 2. The molecular weight excluding hydrogens is 434 g/mol. The Morgan fingerprint density at radius 3 is 2.55 bits per heavy atom. The van der Waals surface area contributed by atoms with Crippen molar-refractivity contribution in [2.24, 2.45) is 5.73 Å². The summed E-state index contributed by atoms with van der Waals surface area (Å²) in [5.74, 6) is -0.161. The van der Waals surface area contributed by atoms with E-state index >= 15 is 0 Å². The van der Waals surface area contributed by atoms with Crippen molar-refractivity contribution in [1.29, 1.82) is 0 Å². The first-order chi connectivity index (χ1) is 16.1. The number of nitrogens with zero attached hydrogens (tertiary/aromatic N) is 2. The van der Waals surface area contributed by atoms with Crippen LogP contribution in [0.25, 0.3) is 11.1 Å². The number of nitrogens with two attached hydrogens (primary N) is 1. The molecule has 4 aromatic rings. The van der Waals surface area contributed by atoms with Crippen molar-refractivity contribution in [2.45, 2.75) is 25.6 Å². The normalized spacial score (nSPS) is 11.6. The van der Waals surface area contributed by atoms with Crippen LogP contribution in [0.3, 0.4) is 0 Å². The first-order valence-corrected chi connectivity index (χ1v) is 11.5. The monoisotopic (exact) mass is 459 g/mol. The van der Waals surface area contributed by atoms with E-state index < -0.39 is 12.1 Å². The van der Waals surface area contributed by atoms with Gasteiger partial charge in [0, 0.05) is 23.8 Å². The molecule has 1 unspecified atom stereocenters. The van der Waals surface area contributed by atoms with Crippen LogP contribution in [-0.2, 0) is 17.9 Å². The maximum absolute atomic E-state index is 12.6. The van der Waals surface area contributed by atoms with Gasteiger partial charge in [-0.25, -0.2) is 4.79 Å². The van der Waals surface area contributed by atoms with Gasteiger partial charge in [-0.2, -0.15) is 5.10 Å². The summed E-state index contributed by atoms with van der Waals surface area (Å²) in [4.78, 5) is 24.9. The Bertz CT molecular complexity index is 1190. The Morgan fingerprint density at radius 2 is 1.85 bits per heavy atom. The summed E-state index contributed by atoms with van der Waals surface area (Å²) in [7, 11) is 0. The number of carbonyl (C=O) groups excluding carboxylic acids is 2. The van der Waals surface area contributed by atoms with Gasteiger partial charge in [0.1, 0.15) is 0 Å². The molecule has 0 saturated carbocycles. The van der Waals surface area contributed by atoms with Crippen LogP contribution in [0.4, 0.5) is 4.79 Å². The van der Waals surface area contributed by atoms with Gasteiger partial charge in [0.25, 0.3) is 0 Å². The van der Waals surface area contributed by atoms with E-state index in [0.717, 1.165) is 33.7 Å². The third-order valence-corrected chi connectivity index (χ3v) is 6.24. The van der Waals surface area contributed by atoms with Crippen LogP contribution < -0.4 is 16.4 Å². The van der Waals surface area contributed by atoms with Crippen molar-refractivity contribution in [3.63, 3.8) is 0 Å². The van der Waals surface area contributed by atoms with E-state index in [0.29, 0.717) is 6.54 Å². The highest BCUT2D eigenvalue weighted by molar-refractivity contribution is 7.10. The number of hydrogen-bond acceptors (Lipinski definition) is 4. The number of aromatic nitrogens is 2. The standard InChI is InChI=1S/C25H25N5O2S/c26-25(32)29-22(23-7-3-14-33-23)15-24(31)27-16-20-5-1-2-6-21(20)19-10-8-18(9-11-19)17-30-13-4-12-28-30/h1-14,22H,15-17H2,(H,27,31)(H3,26,29,32). The Kier molecular flexibility index (Phi) is 7.16. The largest absolute Gasteiger partial charge is 0.352 e. The fraction of sp³-hybridized carbons (Fsp3) is 0.160. The first kappa shape index (κ1) is 22.3. The molecule has 0 aliphatic carbocycles. The Labute approximate surface area is 196 Å². The minimum atomic E-state index is -0.650. The molecule has 0 aliphatic rings. The van der Waals surface area contributed by atoms with E-state index in [2.05, 4.69) is 40.0 Å². The van der Waals surface area contributed by atoms with Crippen molar-refractivity contribution in [3.05, 3.63) is 101 Å². The number of benzene rings is 2. The lowest BCUT2D eigenvalue weighted by molar-refractivity contribution is -0.121. The van der Waals surface area contributed by atoms with Crippen LogP contribution in [0.1, 0.15) is 28.5 Å². The Morgan fingerprint density at radius 1 is 1.03 bits per heavy atom. The SMILES string of the molecule is NC(=O)NC(CC(=O)NCc1ccccc1-c1ccc(Cn2cccn2)cc1)c1cccs1. The summed E-state index contributed by atoms with van der Waals surface area (Å²) < 4.78 is 1.88. The van der Waals surface area contributed by atoms with Gasteiger partial charge < -0.3 is 16.4 Å². The number of primary amides is 1. The number of hydrogen-bond donors (Lipinski definition) is 3. The molecule has 0 spiro atoms. The molecule has 2 aromatic carbocycles. The summed E-state index contributed by atoms with van der Waals surface area (Å²) in [6.45, 7) is 1.10. The predicted octanol–water partition coefficient (Wildman–Crippen LogP) is 4.08. The van der Waals surface area contributed by atoms with Crippen molar-refractivity contribution in [2.75, 3.05) is 0 Å². The number of nitrogens with one attached hydrogen (secondary N) is 2. The lowest BCUT2D eigenvalue weighted by atomic mass is 9.98. The molecule has 33 heavy (non-hydrogen) atoms. The molecule has 4 N–H and O–H groups in total. The van der Waals surface area contributed by atoms with E-state index in [1.807, 2.05) is 58.7 Å². The molecule has 7 nitrogen and oxygen atoms in total.